The molecule has 0 saturated heterocycles. The second-order valence-corrected chi connectivity index (χ2v) is 6.80. The molecule has 0 amide bonds. The van der Waals surface area contributed by atoms with Crippen molar-refractivity contribution >= 4 is 11.2 Å². The minimum Gasteiger partial charge on any atom is -0.390 e. The molecule has 0 aromatic carbocycles. The predicted octanol–water partition coefficient (Wildman–Crippen LogP) is 1.23. The summed E-state index contributed by atoms with van der Waals surface area (Å²) in [5.41, 5.74) is -2.30. The number of imidazole rings is 1. The number of hydrogen-bond donors (Lipinski definition) is 1. The fourth-order valence-corrected chi connectivity index (χ4v) is 3.37. The maximum Gasteiger partial charge on any atom is 0.332 e. The Hall–Kier alpha value is -2.03. The summed E-state index contributed by atoms with van der Waals surface area (Å²) in [6, 6.07) is 0. The summed E-state index contributed by atoms with van der Waals surface area (Å²) in [4.78, 5) is 28.8. The molecule has 7 nitrogen and oxygen atoms in total. The number of hydrogen-bond acceptors (Lipinski definition) is 4. The lowest BCUT2D eigenvalue weighted by atomic mass is 9.80. The molecule has 2 aromatic rings. The van der Waals surface area contributed by atoms with Crippen LogP contribution >= 0.6 is 0 Å². The number of aliphatic hydroxyl groups is 1. The Morgan fingerprint density at radius 3 is 2.58 bits per heavy atom. The second-order valence-electron chi connectivity index (χ2n) is 6.80. The molecule has 2 heterocycles. The average molecular weight is 342 g/mol. The third-order valence-electron chi connectivity index (χ3n) is 4.88. The molecule has 0 aliphatic heterocycles. The number of nitrogens with zero attached hydrogens (tertiary/aromatic N) is 4. The van der Waals surface area contributed by atoms with Crippen LogP contribution in [0.25, 0.3) is 11.2 Å². The van der Waals surface area contributed by atoms with Gasteiger partial charge in [-0.1, -0.05) is 0 Å². The van der Waals surface area contributed by atoms with E-state index in [1.807, 2.05) is 0 Å². The first-order valence-electron chi connectivity index (χ1n) is 7.88. The minimum atomic E-state index is -2.88. The van der Waals surface area contributed by atoms with Gasteiger partial charge in [-0.3, -0.25) is 18.5 Å². The van der Waals surface area contributed by atoms with E-state index < -0.39 is 23.4 Å². The van der Waals surface area contributed by atoms with E-state index in [-0.39, 0.29) is 23.6 Å². The molecule has 9 heteroatoms. The van der Waals surface area contributed by atoms with E-state index in [1.54, 1.807) is 6.92 Å². The number of rotatable bonds is 3. The van der Waals surface area contributed by atoms with Crippen molar-refractivity contribution in [2.75, 3.05) is 0 Å². The standard InChI is InChI=1S/C15H20F2N4O3/c1-15(24)5-3-9(4-6-15)7-20-12(22)10-11(19(2)14(20)23)21(8-18-10)13(16)17/h8-9,13,24H,3-7H2,1-2H3. The smallest absolute Gasteiger partial charge is 0.332 e. The highest BCUT2D eigenvalue weighted by Gasteiger charge is 2.30. The third-order valence-corrected chi connectivity index (χ3v) is 4.88. The molecular weight excluding hydrogens is 322 g/mol. The van der Waals surface area contributed by atoms with Crippen molar-refractivity contribution in [1.29, 1.82) is 0 Å². The van der Waals surface area contributed by atoms with Crippen LogP contribution in [0.5, 0.6) is 0 Å². The number of aromatic nitrogens is 4. The number of alkyl halides is 2. The third kappa shape index (κ3) is 2.77. The van der Waals surface area contributed by atoms with Gasteiger partial charge in [0.15, 0.2) is 11.2 Å². The van der Waals surface area contributed by atoms with Crippen LogP contribution in [0.2, 0.25) is 0 Å². The number of halogens is 2. The average Bonchev–Trinajstić information content (AvgIpc) is 2.96. The molecule has 2 aromatic heterocycles. The van der Waals surface area contributed by atoms with E-state index in [9.17, 15) is 23.5 Å². The van der Waals surface area contributed by atoms with Crippen molar-refractivity contribution in [3.63, 3.8) is 0 Å². The minimum absolute atomic E-state index is 0.0882. The summed E-state index contributed by atoms with van der Waals surface area (Å²) >= 11 is 0. The normalized spacial score (nSPS) is 24.8. The van der Waals surface area contributed by atoms with Gasteiger partial charge in [0.2, 0.25) is 0 Å². The van der Waals surface area contributed by atoms with Crippen LogP contribution in [-0.4, -0.2) is 29.4 Å². The van der Waals surface area contributed by atoms with Gasteiger partial charge >= 0.3 is 12.2 Å². The molecule has 0 bridgehead atoms. The Balaban J connectivity index is 2.01. The SMILES string of the molecule is Cn1c(=O)n(CC2CCC(C)(O)CC2)c(=O)c2ncn(C(F)F)c21. The summed E-state index contributed by atoms with van der Waals surface area (Å²) in [6.07, 6.45) is 3.49. The monoisotopic (exact) mass is 342 g/mol. The fraction of sp³-hybridized carbons (Fsp3) is 0.667. The first-order valence-corrected chi connectivity index (χ1v) is 7.88. The summed E-state index contributed by atoms with van der Waals surface area (Å²) in [5.74, 6) is 0.0882. The molecule has 3 rings (SSSR count). The molecule has 1 saturated carbocycles. The Morgan fingerprint density at radius 1 is 1.38 bits per heavy atom. The lowest BCUT2D eigenvalue weighted by Crippen LogP contribution is -2.42. The van der Waals surface area contributed by atoms with Crippen LogP contribution in [-0.2, 0) is 13.6 Å². The Bertz CT molecular complexity index is 871. The zero-order chi connectivity index (χ0) is 17.6. The zero-order valence-corrected chi connectivity index (χ0v) is 13.6. The van der Waals surface area contributed by atoms with E-state index in [1.165, 1.54) is 7.05 Å². The Morgan fingerprint density at radius 2 is 2.00 bits per heavy atom. The lowest BCUT2D eigenvalue weighted by molar-refractivity contribution is 0.00550. The van der Waals surface area contributed by atoms with E-state index in [2.05, 4.69) is 4.98 Å². The second kappa shape index (κ2) is 5.80. The Labute approximate surface area is 136 Å². The summed E-state index contributed by atoms with van der Waals surface area (Å²) in [5, 5.41) is 9.99. The van der Waals surface area contributed by atoms with E-state index in [0.29, 0.717) is 30.3 Å². The molecule has 1 aliphatic carbocycles. The van der Waals surface area contributed by atoms with Gasteiger partial charge in [0.05, 0.1) is 5.60 Å². The van der Waals surface area contributed by atoms with Crippen LogP contribution in [0.3, 0.4) is 0 Å². The molecule has 1 fully saturated rings. The van der Waals surface area contributed by atoms with E-state index in [0.717, 1.165) is 15.5 Å². The van der Waals surface area contributed by atoms with Crippen molar-refractivity contribution in [3.8, 4) is 0 Å². The highest BCUT2D eigenvalue weighted by Crippen LogP contribution is 2.32. The molecule has 0 radical (unpaired) electrons. The van der Waals surface area contributed by atoms with Gasteiger partial charge in [-0.25, -0.2) is 9.78 Å². The van der Waals surface area contributed by atoms with Gasteiger partial charge < -0.3 is 5.11 Å². The van der Waals surface area contributed by atoms with Crippen molar-refractivity contribution in [2.24, 2.45) is 13.0 Å². The van der Waals surface area contributed by atoms with Crippen LogP contribution < -0.4 is 11.2 Å². The molecule has 132 valence electrons. The molecule has 0 unspecified atom stereocenters. The molecule has 0 spiro atoms. The molecule has 0 atom stereocenters. The first-order chi connectivity index (χ1) is 11.2. The number of aryl methyl sites for hydroxylation is 1. The van der Waals surface area contributed by atoms with Gasteiger partial charge in [0.1, 0.15) is 6.33 Å². The largest absolute Gasteiger partial charge is 0.390 e. The maximum absolute atomic E-state index is 13.0. The highest BCUT2D eigenvalue weighted by molar-refractivity contribution is 5.69. The van der Waals surface area contributed by atoms with Gasteiger partial charge in [-0.2, -0.15) is 8.78 Å². The predicted molar refractivity (Wildman–Crippen MR) is 83.1 cm³/mol. The van der Waals surface area contributed by atoms with Crippen LogP contribution in [0.1, 0.15) is 39.2 Å². The van der Waals surface area contributed by atoms with Gasteiger partial charge in [-0.15, -0.1) is 0 Å². The van der Waals surface area contributed by atoms with Crippen molar-refractivity contribution in [3.05, 3.63) is 27.2 Å². The number of fused-ring (bicyclic) bond motifs is 1. The quantitative estimate of drug-likeness (QED) is 0.910. The van der Waals surface area contributed by atoms with Crippen LogP contribution in [0.15, 0.2) is 15.9 Å². The first kappa shape index (κ1) is 16.8. The van der Waals surface area contributed by atoms with E-state index >= 15 is 0 Å². The van der Waals surface area contributed by atoms with Crippen molar-refractivity contribution < 1.29 is 13.9 Å². The van der Waals surface area contributed by atoms with Gasteiger partial charge in [0.25, 0.3) is 5.56 Å². The zero-order valence-electron chi connectivity index (χ0n) is 13.6. The topological polar surface area (TPSA) is 82.0 Å². The van der Waals surface area contributed by atoms with Crippen LogP contribution in [0, 0.1) is 5.92 Å². The highest BCUT2D eigenvalue weighted by atomic mass is 19.3. The summed E-state index contributed by atoms with van der Waals surface area (Å²) in [6.45, 7) is -0.896. The molecule has 1 N–H and O–H groups in total. The molecule has 24 heavy (non-hydrogen) atoms. The lowest BCUT2D eigenvalue weighted by Gasteiger charge is -2.33. The summed E-state index contributed by atoms with van der Waals surface area (Å²) < 4.78 is 28.6. The Kier molecular flexibility index (Phi) is 4.06. The summed E-state index contributed by atoms with van der Waals surface area (Å²) in [7, 11) is 1.35. The van der Waals surface area contributed by atoms with Gasteiger partial charge in [0, 0.05) is 13.6 Å². The van der Waals surface area contributed by atoms with Crippen LogP contribution in [0.4, 0.5) is 8.78 Å². The van der Waals surface area contributed by atoms with Crippen molar-refractivity contribution in [1.82, 2.24) is 18.7 Å². The molecular formula is C15H20F2N4O3. The maximum atomic E-state index is 13.0. The van der Waals surface area contributed by atoms with Gasteiger partial charge in [-0.05, 0) is 38.5 Å². The van der Waals surface area contributed by atoms with Crippen molar-refractivity contribution in [2.45, 2.75) is 51.3 Å². The van der Waals surface area contributed by atoms with E-state index in [4.69, 9.17) is 0 Å². The molecule has 1 aliphatic rings. The fourth-order valence-electron chi connectivity index (χ4n) is 3.37.